The van der Waals surface area contributed by atoms with Crippen LogP contribution in [-0.4, -0.2) is 57.6 Å². The van der Waals surface area contributed by atoms with E-state index in [-0.39, 0.29) is 11.9 Å². The van der Waals surface area contributed by atoms with Crippen molar-refractivity contribution in [1.29, 1.82) is 0 Å². The standard InChI is InChI=1S/C23H28N4O2/c28-23(19-13-18(24-25-19)21-7-4-10-29-21)27-9-3-5-15-11-16-12-17(22(15)27)14-26-8-2-1-6-20(16)26/h4,7,10-11,13,16-17,20,22H,1-3,5-6,8-9,12,14H2,(H,24,25)/t16-,17-,20+,22+/m0/s1. The number of aromatic amines is 1. The van der Waals surface area contributed by atoms with Crippen LogP contribution >= 0.6 is 0 Å². The second-order valence-corrected chi connectivity index (χ2v) is 9.15. The first-order valence-electron chi connectivity index (χ1n) is 11.1. The lowest BCUT2D eigenvalue weighted by Gasteiger charge is -2.54. The second-order valence-electron chi connectivity index (χ2n) is 9.15. The van der Waals surface area contributed by atoms with E-state index in [1.807, 2.05) is 18.2 Å². The van der Waals surface area contributed by atoms with Crippen molar-refractivity contribution in [2.75, 3.05) is 19.6 Å². The van der Waals surface area contributed by atoms with Crippen LogP contribution in [0.2, 0.25) is 0 Å². The topological polar surface area (TPSA) is 65.4 Å². The number of nitrogens with one attached hydrogen (secondary N) is 1. The van der Waals surface area contributed by atoms with Gasteiger partial charge in [-0.1, -0.05) is 18.1 Å². The quantitative estimate of drug-likeness (QED) is 0.792. The third kappa shape index (κ3) is 2.88. The molecule has 6 rings (SSSR count). The number of fused-ring (bicyclic) bond motifs is 6. The van der Waals surface area contributed by atoms with Gasteiger partial charge >= 0.3 is 0 Å². The van der Waals surface area contributed by atoms with E-state index < -0.39 is 0 Å². The van der Waals surface area contributed by atoms with E-state index >= 15 is 0 Å². The molecule has 0 saturated carbocycles. The fourth-order valence-corrected chi connectivity index (χ4v) is 6.34. The van der Waals surface area contributed by atoms with Gasteiger partial charge in [-0.05, 0) is 62.6 Å². The Morgan fingerprint density at radius 1 is 1.24 bits per heavy atom. The zero-order chi connectivity index (χ0) is 19.4. The molecule has 152 valence electrons. The van der Waals surface area contributed by atoms with E-state index in [0.29, 0.717) is 23.3 Å². The number of carbonyl (C=O) groups is 1. The van der Waals surface area contributed by atoms with E-state index in [0.717, 1.165) is 37.7 Å². The molecule has 4 aliphatic rings. The maximum absolute atomic E-state index is 13.5. The van der Waals surface area contributed by atoms with Gasteiger partial charge in [0.1, 0.15) is 5.69 Å². The lowest BCUT2D eigenvalue weighted by atomic mass is 9.68. The maximum atomic E-state index is 13.5. The van der Waals surface area contributed by atoms with E-state index in [1.165, 1.54) is 37.8 Å². The second kappa shape index (κ2) is 6.87. The fraction of sp³-hybridized carbons (Fsp3) is 0.565. The molecule has 3 saturated heterocycles. The molecular weight excluding hydrogens is 364 g/mol. The number of nitrogens with zero attached hydrogens (tertiary/aromatic N) is 3. The monoisotopic (exact) mass is 392 g/mol. The number of amides is 1. The maximum Gasteiger partial charge on any atom is 0.274 e. The first-order valence-corrected chi connectivity index (χ1v) is 11.1. The van der Waals surface area contributed by atoms with Gasteiger partial charge in [-0.3, -0.25) is 14.8 Å². The third-order valence-electron chi connectivity index (χ3n) is 7.50. The lowest BCUT2D eigenvalue weighted by molar-refractivity contribution is 0.00131. The van der Waals surface area contributed by atoms with Crippen molar-refractivity contribution in [3.05, 3.63) is 41.8 Å². The van der Waals surface area contributed by atoms with Crippen molar-refractivity contribution in [1.82, 2.24) is 20.0 Å². The Kier molecular flexibility index (Phi) is 4.15. The summed E-state index contributed by atoms with van der Waals surface area (Å²) in [6, 6.07) is 6.53. The molecule has 1 aliphatic carbocycles. The van der Waals surface area contributed by atoms with Gasteiger partial charge in [0.05, 0.1) is 12.3 Å². The van der Waals surface area contributed by atoms with Crippen LogP contribution < -0.4 is 0 Å². The van der Waals surface area contributed by atoms with Gasteiger partial charge in [0.15, 0.2) is 11.5 Å². The molecule has 2 aromatic heterocycles. The van der Waals surface area contributed by atoms with E-state index in [2.05, 4.69) is 26.1 Å². The van der Waals surface area contributed by atoms with Gasteiger partial charge in [-0.2, -0.15) is 5.10 Å². The number of likely N-dealkylation sites (tertiary alicyclic amines) is 1. The SMILES string of the molecule is O=C(c1cc(-c2ccco2)[nH]n1)N1CCCC2=C[C@H]3C[C@@H](CN4CCCC[C@H]34)[C@@H]21. The molecule has 0 radical (unpaired) electrons. The number of carbonyl (C=O) groups excluding carboxylic acids is 1. The van der Waals surface area contributed by atoms with E-state index in [1.54, 1.807) is 6.26 Å². The molecule has 0 unspecified atom stereocenters. The minimum Gasteiger partial charge on any atom is -0.463 e. The van der Waals surface area contributed by atoms with Crippen LogP contribution in [0, 0.1) is 11.8 Å². The molecule has 4 atom stereocenters. The summed E-state index contributed by atoms with van der Waals surface area (Å²) in [5.74, 6) is 2.00. The molecule has 2 aromatic rings. The summed E-state index contributed by atoms with van der Waals surface area (Å²) in [6.45, 7) is 3.20. The largest absolute Gasteiger partial charge is 0.463 e. The van der Waals surface area contributed by atoms with Crippen LogP contribution in [0.25, 0.3) is 11.5 Å². The zero-order valence-corrected chi connectivity index (χ0v) is 16.7. The zero-order valence-electron chi connectivity index (χ0n) is 16.7. The average molecular weight is 393 g/mol. The molecule has 0 spiro atoms. The van der Waals surface area contributed by atoms with Gasteiger partial charge in [0.25, 0.3) is 5.91 Å². The lowest BCUT2D eigenvalue weighted by Crippen LogP contribution is -2.60. The first-order chi connectivity index (χ1) is 14.3. The molecule has 3 aliphatic heterocycles. The van der Waals surface area contributed by atoms with Crippen LogP contribution in [0.5, 0.6) is 0 Å². The summed E-state index contributed by atoms with van der Waals surface area (Å²) in [5, 5.41) is 7.29. The van der Waals surface area contributed by atoms with Gasteiger partial charge < -0.3 is 9.32 Å². The summed E-state index contributed by atoms with van der Waals surface area (Å²) in [5.41, 5.74) is 2.76. The Labute approximate surface area is 170 Å². The predicted octanol–water partition coefficient (Wildman–Crippen LogP) is 3.70. The number of hydrogen-bond donors (Lipinski definition) is 1. The van der Waals surface area contributed by atoms with Crippen LogP contribution in [0.1, 0.15) is 49.0 Å². The number of hydrogen-bond acceptors (Lipinski definition) is 4. The van der Waals surface area contributed by atoms with Crippen LogP contribution in [0.15, 0.2) is 40.5 Å². The van der Waals surface area contributed by atoms with Crippen molar-refractivity contribution in [3.8, 4) is 11.5 Å². The molecule has 1 N–H and O–H groups in total. The molecule has 6 heteroatoms. The van der Waals surface area contributed by atoms with E-state index in [4.69, 9.17) is 4.42 Å². The molecule has 3 fully saturated rings. The van der Waals surface area contributed by atoms with Gasteiger partial charge in [0, 0.05) is 25.2 Å². The normalized spacial score (nSPS) is 31.7. The third-order valence-corrected chi connectivity index (χ3v) is 7.50. The highest BCUT2D eigenvalue weighted by atomic mass is 16.3. The van der Waals surface area contributed by atoms with Crippen molar-refractivity contribution in [3.63, 3.8) is 0 Å². The predicted molar refractivity (Wildman–Crippen MR) is 109 cm³/mol. The number of aromatic nitrogens is 2. The molecule has 0 aromatic carbocycles. The van der Waals surface area contributed by atoms with Crippen LogP contribution in [0.4, 0.5) is 0 Å². The molecule has 1 amide bonds. The van der Waals surface area contributed by atoms with Crippen molar-refractivity contribution < 1.29 is 9.21 Å². The average Bonchev–Trinajstić information content (AvgIpc) is 3.45. The first kappa shape index (κ1) is 17.5. The minimum atomic E-state index is 0.0499. The highest BCUT2D eigenvalue weighted by Crippen LogP contribution is 2.45. The Morgan fingerprint density at radius 3 is 3.10 bits per heavy atom. The number of furan rings is 1. The summed E-state index contributed by atoms with van der Waals surface area (Å²) in [7, 11) is 0. The minimum absolute atomic E-state index is 0.0499. The molecule has 29 heavy (non-hydrogen) atoms. The smallest absolute Gasteiger partial charge is 0.274 e. The highest BCUT2D eigenvalue weighted by Gasteiger charge is 2.47. The summed E-state index contributed by atoms with van der Waals surface area (Å²) >= 11 is 0. The Morgan fingerprint density at radius 2 is 2.21 bits per heavy atom. The number of H-pyrrole nitrogens is 1. The van der Waals surface area contributed by atoms with Gasteiger partial charge in [-0.15, -0.1) is 0 Å². The number of rotatable bonds is 2. The summed E-state index contributed by atoms with van der Waals surface area (Å²) in [4.78, 5) is 18.3. The van der Waals surface area contributed by atoms with Gasteiger partial charge in [-0.25, -0.2) is 0 Å². The van der Waals surface area contributed by atoms with Crippen LogP contribution in [-0.2, 0) is 0 Å². The fourth-order valence-electron chi connectivity index (χ4n) is 6.34. The molecule has 2 bridgehead atoms. The Balaban J connectivity index is 1.29. The molecular formula is C23H28N4O2. The molecule has 5 heterocycles. The van der Waals surface area contributed by atoms with Crippen molar-refractivity contribution in [2.45, 2.75) is 50.6 Å². The van der Waals surface area contributed by atoms with E-state index in [9.17, 15) is 4.79 Å². The Bertz CT molecular complexity index is 931. The highest BCUT2D eigenvalue weighted by molar-refractivity contribution is 5.93. The summed E-state index contributed by atoms with van der Waals surface area (Å²) < 4.78 is 5.44. The van der Waals surface area contributed by atoms with Crippen LogP contribution in [0.3, 0.4) is 0 Å². The Hall–Kier alpha value is -2.34. The van der Waals surface area contributed by atoms with Crippen molar-refractivity contribution >= 4 is 5.91 Å². The van der Waals surface area contributed by atoms with Crippen molar-refractivity contribution in [2.24, 2.45) is 11.8 Å². The molecule has 6 nitrogen and oxygen atoms in total. The summed E-state index contributed by atoms with van der Waals surface area (Å²) in [6.07, 6.45) is 11.7. The number of piperidine rings is 3. The van der Waals surface area contributed by atoms with Gasteiger partial charge in [0.2, 0.25) is 0 Å².